The van der Waals surface area contributed by atoms with Gasteiger partial charge in [-0.25, -0.2) is 4.98 Å². The number of benzene rings is 1. The van der Waals surface area contributed by atoms with Crippen molar-refractivity contribution in [3.8, 4) is 10.7 Å². The second-order valence-electron chi connectivity index (χ2n) is 5.59. The Bertz CT molecular complexity index is 818. The van der Waals surface area contributed by atoms with Crippen molar-refractivity contribution in [2.45, 2.75) is 19.3 Å². The lowest BCUT2D eigenvalue weighted by Crippen LogP contribution is -2.25. The summed E-state index contributed by atoms with van der Waals surface area (Å²) in [6.07, 6.45) is 3.62. The third-order valence-corrected chi connectivity index (χ3v) is 4.86. The van der Waals surface area contributed by atoms with Gasteiger partial charge in [0, 0.05) is 29.6 Å². The zero-order valence-corrected chi connectivity index (χ0v) is 15.2. The molecule has 1 aromatic carbocycles. The topological polar surface area (TPSA) is 54.9 Å². The van der Waals surface area contributed by atoms with Gasteiger partial charge in [0.2, 0.25) is 5.91 Å². The number of nitrogens with one attached hydrogen (secondary N) is 1. The number of hydrogen-bond donors (Lipinski definition) is 1. The number of carbonyl (C=O) groups is 1. The monoisotopic (exact) mass is 371 g/mol. The third kappa shape index (κ3) is 5.37. The zero-order valence-electron chi connectivity index (χ0n) is 13.6. The van der Waals surface area contributed by atoms with Gasteiger partial charge in [-0.2, -0.15) is 0 Å². The van der Waals surface area contributed by atoms with Gasteiger partial charge in [-0.3, -0.25) is 9.78 Å². The lowest BCUT2D eigenvalue weighted by molar-refractivity contribution is -0.121. The zero-order chi connectivity index (χ0) is 17.5. The standard InChI is InChI=1S/C19H18ClN3OS/c20-15-6-4-14(5-7-15)10-12-22-18(24)9-8-16-13-25-19(23-16)17-3-1-2-11-21-17/h1-7,11,13H,8-10,12H2,(H,22,24). The van der Waals surface area contributed by atoms with Gasteiger partial charge in [0.15, 0.2) is 0 Å². The van der Waals surface area contributed by atoms with Gasteiger partial charge >= 0.3 is 0 Å². The molecule has 2 aromatic heterocycles. The number of amides is 1. The lowest BCUT2D eigenvalue weighted by atomic mass is 10.1. The van der Waals surface area contributed by atoms with E-state index in [0.717, 1.165) is 33.4 Å². The first kappa shape index (κ1) is 17.6. The number of aryl methyl sites for hydroxylation is 1. The molecule has 3 rings (SSSR count). The van der Waals surface area contributed by atoms with E-state index in [9.17, 15) is 4.79 Å². The molecule has 0 atom stereocenters. The molecule has 0 saturated carbocycles. The Hall–Kier alpha value is -2.24. The number of thiazole rings is 1. The predicted octanol–water partition coefficient (Wildman–Crippen LogP) is 4.15. The van der Waals surface area contributed by atoms with Crippen molar-refractivity contribution >= 4 is 28.8 Å². The highest BCUT2D eigenvalue weighted by Gasteiger charge is 2.08. The van der Waals surface area contributed by atoms with Crippen LogP contribution in [0.2, 0.25) is 5.02 Å². The number of halogens is 1. The molecule has 3 aromatic rings. The molecule has 4 nitrogen and oxygen atoms in total. The summed E-state index contributed by atoms with van der Waals surface area (Å²) in [5, 5.41) is 6.55. The van der Waals surface area contributed by atoms with Crippen molar-refractivity contribution in [2.75, 3.05) is 6.54 Å². The highest BCUT2D eigenvalue weighted by Crippen LogP contribution is 2.21. The molecule has 0 radical (unpaired) electrons. The molecule has 0 spiro atoms. The van der Waals surface area contributed by atoms with Crippen molar-refractivity contribution in [3.05, 3.63) is 70.3 Å². The molecule has 2 heterocycles. The maximum absolute atomic E-state index is 12.0. The Morgan fingerprint density at radius 1 is 1.12 bits per heavy atom. The van der Waals surface area contributed by atoms with Gasteiger partial charge in [-0.1, -0.05) is 29.8 Å². The van der Waals surface area contributed by atoms with Crippen LogP contribution in [0.1, 0.15) is 17.7 Å². The predicted molar refractivity (Wildman–Crippen MR) is 102 cm³/mol. The normalized spacial score (nSPS) is 10.6. The van der Waals surface area contributed by atoms with Gasteiger partial charge in [0.1, 0.15) is 5.01 Å². The first-order valence-corrected chi connectivity index (χ1v) is 9.33. The molecule has 0 aliphatic rings. The van der Waals surface area contributed by atoms with Crippen LogP contribution in [-0.4, -0.2) is 22.4 Å². The summed E-state index contributed by atoms with van der Waals surface area (Å²) in [6.45, 7) is 0.622. The third-order valence-electron chi connectivity index (χ3n) is 3.69. The Balaban J connectivity index is 1.42. The Morgan fingerprint density at radius 3 is 2.72 bits per heavy atom. The van der Waals surface area contributed by atoms with E-state index in [4.69, 9.17) is 11.6 Å². The molecule has 1 N–H and O–H groups in total. The van der Waals surface area contributed by atoms with E-state index in [2.05, 4.69) is 15.3 Å². The highest BCUT2D eigenvalue weighted by atomic mass is 35.5. The molecule has 0 aliphatic heterocycles. The fraction of sp³-hybridized carbons (Fsp3) is 0.211. The minimum atomic E-state index is 0.0429. The highest BCUT2D eigenvalue weighted by molar-refractivity contribution is 7.13. The Morgan fingerprint density at radius 2 is 1.96 bits per heavy atom. The Labute approximate surface area is 155 Å². The fourth-order valence-electron chi connectivity index (χ4n) is 2.36. The first-order valence-electron chi connectivity index (χ1n) is 8.07. The minimum absolute atomic E-state index is 0.0429. The largest absolute Gasteiger partial charge is 0.356 e. The molecule has 25 heavy (non-hydrogen) atoms. The molecule has 1 amide bonds. The first-order chi connectivity index (χ1) is 12.2. The molecule has 0 bridgehead atoms. The van der Waals surface area contributed by atoms with Crippen molar-refractivity contribution in [2.24, 2.45) is 0 Å². The summed E-state index contributed by atoms with van der Waals surface area (Å²) in [5.74, 6) is 0.0429. The van der Waals surface area contributed by atoms with E-state index >= 15 is 0 Å². The number of rotatable bonds is 7. The van der Waals surface area contributed by atoms with Crippen LogP contribution < -0.4 is 5.32 Å². The van der Waals surface area contributed by atoms with Gasteiger partial charge < -0.3 is 5.32 Å². The van der Waals surface area contributed by atoms with Crippen LogP contribution in [-0.2, 0) is 17.6 Å². The second-order valence-corrected chi connectivity index (χ2v) is 6.88. The van der Waals surface area contributed by atoms with Crippen LogP contribution in [0.5, 0.6) is 0 Å². The second kappa shape index (κ2) is 8.74. The number of pyridine rings is 1. The lowest BCUT2D eigenvalue weighted by Gasteiger charge is -2.05. The van der Waals surface area contributed by atoms with E-state index < -0.39 is 0 Å². The van der Waals surface area contributed by atoms with Crippen LogP contribution in [0, 0.1) is 0 Å². The molecular formula is C19H18ClN3OS. The quantitative estimate of drug-likeness (QED) is 0.678. The maximum atomic E-state index is 12.0. The van der Waals surface area contributed by atoms with E-state index in [-0.39, 0.29) is 5.91 Å². The maximum Gasteiger partial charge on any atom is 0.220 e. The van der Waals surface area contributed by atoms with Crippen LogP contribution in [0.25, 0.3) is 10.7 Å². The van der Waals surface area contributed by atoms with Gasteiger partial charge in [0.05, 0.1) is 11.4 Å². The number of hydrogen-bond acceptors (Lipinski definition) is 4. The summed E-state index contributed by atoms with van der Waals surface area (Å²) in [4.78, 5) is 20.8. The summed E-state index contributed by atoms with van der Waals surface area (Å²) >= 11 is 7.41. The van der Waals surface area contributed by atoms with E-state index in [1.807, 2.05) is 47.8 Å². The summed E-state index contributed by atoms with van der Waals surface area (Å²) in [5.41, 5.74) is 2.95. The van der Waals surface area contributed by atoms with E-state index in [1.165, 1.54) is 0 Å². The van der Waals surface area contributed by atoms with E-state index in [0.29, 0.717) is 19.4 Å². The van der Waals surface area contributed by atoms with Crippen molar-refractivity contribution in [1.29, 1.82) is 0 Å². The van der Waals surface area contributed by atoms with E-state index in [1.54, 1.807) is 17.5 Å². The van der Waals surface area contributed by atoms with Gasteiger partial charge in [-0.15, -0.1) is 11.3 Å². The van der Waals surface area contributed by atoms with Crippen LogP contribution in [0.4, 0.5) is 0 Å². The fourth-order valence-corrected chi connectivity index (χ4v) is 3.31. The summed E-state index contributed by atoms with van der Waals surface area (Å²) < 4.78 is 0. The van der Waals surface area contributed by atoms with Crippen LogP contribution in [0.3, 0.4) is 0 Å². The van der Waals surface area contributed by atoms with Gasteiger partial charge in [-0.05, 0) is 42.7 Å². The van der Waals surface area contributed by atoms with Crippen LogP contribution in [0.15, 0.2) is 54.0 Å². The summed E-state index contributed by atoms with van der Waals surface area (Å²) in [7, 11) is 0. The van der Waals surface area contributed by atoms with Crippen molar-refractivity contribution in [1.82, 2.24) is 15.3 Å². The minimum Gasteiger partial charge on any atom is -0.356 e. The van der Waals surface area contributed by atoms with Crippen molar-refractivity contribution in [3.63, 3.8) is 0 Å². The molecular weight excluding hydrogens is 354 g/mol. The Kier molecular flexibility index (Phi) is 6.14. The summed E-state index contributed by atoms with van der Waals surface area (Å²) in [6, 6.07) is 13.4. The smallest absolute Gasteiger partial charge is 0.220 e. The van der Waals surface area contributed by atoms with Crippen molar-refractivity contribution < 1.29 is 4.79 Å². The average Bonchev–Trinajstić information content (AvgIpc) is 3.11. The molecule has 0 aliphatic carbocycles. The van der Waals surface area contributed by atoms with Crippen LogP contribution >= 0.6 is 22.9 Å². The number of carbonyl (C=O) groups excluding carboxylic acids is 1. The number of nitrogens with zero attached hydrogens (tertiary/aromatic N) is 2. The molecule has 128 valence electrons. The molecule has 0 unspecified atom stereocenters. The number of aromatic nitrogens is 2. The SMILES string of the molecule is O=C(CCc1csc(-c2ccccn2)n1)NCCc1ccc(Cl)cc1. The average molecular weight is 372 g/mol. The molecule has 0 fully saturated rings. The molecule has 6 heteroatoms. The molecule has 0 saturated heterocycles. The van der Waals surface area contributed by atoms with Gasteiger partial charge in [0.25, 0.3) is 0 Å².